The molecule has 0 saturated carbocycles. The van der Waals surface area contributed by atoms with Crippen LogP contribution in [-0.2, 0) is 32.0 Å². The zero-order chi connectivity index (χ0) is 25.8. The first-order valence-corrected chi connectivity index (χ1v) is 25.9. The topological polar surface area (TPSA) is 72.5 Å². The van der Waals surface area contributed by atoms with Crippen LogP contribution in [0.4, 0.5) is 0 Å². The molecule has 11 heteroatoms. The number of ether oxygens (including phenoxy) is 2. The molecule has 1 heterocycles. The van der Waals surface area contributed by atoms with Crippen LogP contribution in [0.3, 0.4) is 0 Å². The van der Waals surface area contributed by atoms with Crippen molar-refractivity contribution in [2.24, 2.45) is 0 Å². The van der Waals surface area contributed by atoms with Crippen LogP contribution >= 0.6 is 0 Å². The zero-order valence-electron chi connectivity index (χ0n) is 23.4. The quantitative estimate of drug-likeness (QED) is 0.238. The normalized spacial score (nSPS) is 27.5. The van der Waals surface area contributed by atoms with Crippen LogP contribution in [0.1, 0.15) is 19.8 Å². The largest absolute Gasteiger partial charge is 0.518 e. The molecular formula is C22H50O7Si4. The second-order valence-electron chi connectivity index (χ2n) is 12.8. The molecule has 196 valence electrons. The summed E-state index contributed by atoms with van der Waals surface area (Å²) in [5, 5.41) is 0. The van der Waals surface area contributed by atoms with Crippen LogP contribution in [0.2, 0.25) is 78.6 Å². The summed E-state index contributed by atoms with van der Waals surface area (Å²) in [4.78, 5) is 13.4. The van der Waals surface area contributed by atoms with Gasteiger partial charge in [0.15, 0.2) is 37.3 Å². The van der Waals surface area contributed by atoms with Gasteiger partial charge in [0.2, 0.25) is 8.32 Å². The predicted molar refractivity (Wildman–Crippen MR) is 144 cm³/mol. The molecule has 0 aromatic heterocycles. The maximum Gasteiger partial charge on any atom is 0.324 e. The van der Waals surface area contributed by atoms with Gasteiger partial charge < -0.3 is 27.2 Å². The van der Waals surface area contributed by atoms with Gasteiger partial charge in [-0.2, -0.15) is 0 Å². The summed E-state index contributed by atoms with van der Waals surface area (Å²) >= 11 is 0. The molecule has 1 rings (SSSR count). The monoisotopic (exact) mass is 538 g/mol. The number of rotatable bonds is 12. The number of carbonyl (C=O) groups is 1. The SMILES string of the molecule is CCCCOC1OC(C(=O)O[Si](C)(C)C)C(O[Si](C)(C)C)C(O[Si](C)(C)C)C1O[Si](C)(C)C. The fourth-order valence-electron chi connectivity index (χ4n) is 3.45. The Kier molecular flexibility index (Phi) is 11.3. The molecule has 5 unspecified atom stereocenters. The Hall–Kier alpha value is 0.138. The number of carbonyl (C=O) groups excluding carboxylic acids is 1. The number of hydrogen-bond acceptors (Lipinski definition) is 7. The maximum atomic E-state index is 13.4. The first-order chi connectivity index (χ1) is 14.7. The summed E-state index contributed by atoms with van der Waals surface area (Å²) in [6, 6.07) is 0. The molecule has 0 N–H and O–H groups in total. The van der Waals surface area contributed by atoms with Crippen molar-refractivity contribution in [1.82, 2.24) is 0 Å². The average molecular weight is 539 g/mol. The van der Waals surface area contributed by atoms with Crippen molar-refractivity contribution in [1.29, 1.82) is 0 Å². The van der Waals surface area contributed by atoms with Crippen molar-refractivity contribution in [3.05, 3.63) is 0 Å². The summed E-state index contributed by atoms with van der Waals surface area (Å²) in [6.07, 6.45) is -1.29. The van der Waals surface area contributed by atoms with Crippen LogP contribution in [0, 0.1) is 0 Å². The molecule has 1 saturated heterocycles. The van der Waals surface area contributed by atoms with Crippen LogP contribution in [0.5, 0.6) is 0 Å². The van der Waals surface area contributed by atoms with E-state index in [1.54, 1.807) is 0 Å². The van der Waals surface area contributed by atoms with Crippen molar-refractivity contribution >= 4 is 39.2 Å². The van der Waals surface area contributed by atoms with Gasteiger partial charge in [-0.3, -0.25) is 4.79 Å². The molecule has 1 aliphatic heterocycles. The van der Waals surface area contributed by atoms with E-state index in [4.69, 9.17) is 27.2 Å². The van der Waals surface area contributed by atoms with Crippen LogP contribution in [-0.4, -0.2) is 76.6 Å². The Morgan fingerprint density at radius 3 is 1.58 bits per heavy atom. The first kappa shape index (κ1) is 31.2. The third-order valence-corrected chi connectivity index (χ3v) is 8.13. The summed E-state index contributed by atoms with van der Waals surface area (Å²) in [5.74, 6) is -0.392. The molecule has 0 bridgehead atoms. The lowest BCUT2D eigenvalue weighted by atomic mass is 9.99. The lowest BCUT2D eigenvalue weighted by molar-refractivity contribution is -0.284. The Labute approximate surface area is 206 Å². The van der Waals surface area contributed by atoms with E-state index < -0.39 is 69.9 Å². The van der Waals surface area contributed by atoms with Gasteiger partial charge in [0, 0.05) is 6.61 Å². The molecule has 0 aliphatic carbocycles. The van der Waals surface area contributed by atoms with Gasteiger partial charge in [0.25, 0.3) is 0 Å². The van der Waals surface area contributed by atoms with Crippen LogP contribution in [0.15, 0.2) is 0 Å². The van der Waals surface area contributed by atoms with E-state index >= 15 is 0 Å². The van der Waals surface area contributed by atoms with E-state index in [-0.39, 0.29) is 0 Å². The van der Waals surface area contributed by atoms with E-state index in [1.807, 2.05) is 19.6 Å². The lowest BCUT2D eigenvalue weighted by Crippen LogP contribution is -2.67. The van der Waals surface area contributed by atoms with Gasteiger partial charge in [-0.25, -0.2) is 0 Å². The summed E-state index contributed by atoms with van der Waals surface area (Å²) in [7, 11) is -8.26. The van der Waals surface area contributed by atoms with E-state index in [9.17, 15) is 4.79 Å². The fraction of sp³-hybridized carbons (Fsp3) is 0.955. The molecule has 0 aromatic rings. The number of unbranched alkanes of at least 4 members (excludes halogenated alkanes) is 1. The van der Waals surface area contributed by atoms with Crippen LogP contribution < -0.4 is 0 Å². The second kappa shape index (κ2) is 11.9. The fourth-order valence-corrected chi connectivity index (χ4v) is 7.39. The molecule has 1 fully saturated rings. The highest BCUT2D eigenvalue weighted by atomic mass is 28.4. The Balaban J connectivity index is 3.52. The van der Waals surface area contributed by atoms with Gasteiger partial charge in [0.05, 0.1) is 0 Å². The van der Waals surface area contributed by atoms with Crippen molar-refractivity contribution in [3.8, 4) is 0 Å². The number of hydrogen-bond donors (Lipinski definition) is 0. The molecule has 5 atom stereocenters. The standard InChI is InChI=1S/C22H50O7Si4/c1-14-15-16-24-22-20(28-32(8,9)10)18(27-31(5,6)7)17(26-30(2,3)4)19(25-22)21(23)29-33(11,12)13/h17-20,22H,14-16H2,1-13H3. The van der Waals surface area contributed by atoms with Gasteiger partial charge in [-0.05, 0) is 85.0 Å². The maximum absolute atomic E-state index is 13.4. The molecule has 0 spiro atoms. The predicted octanol–water partition coefficient (Wildman–Crippen LogP) is 5.57. The van der Waals surface area contributed by atoms with Crippen molar-refractivity contribution in [3.63, 3.8) is 0 Å². The molecule has 33 heavy (non-hydrogen) atoms. The highest BCUT2D eigenvalue weighted by Gasteiger charge is 2.54. The third kappa shape index (κ3) is 12.1. The molecule has 0 amide bonds. The summed E-state index contributed by atoms with van der Waals surface area (Å²) in [5.41, 5.74) is 0. The minimum Gasteiger partial charge on any atom is -0.518 e. The minimum absolute atomic E-state index is 0.392. The van der Waals surface area contributed by atoms with E-state index in [0.717, 1.165) is 12.8 Å². The smallest absolute Gasteiger partial charge is 0.324 e. The third-order valence-electron chi connectivity index (χ3n) is 4.38. The molecule has 7 nitrogen and oxygen atoms in total. The van der Waals surface area contributed by atoms with Gasteiger partial charge >= 0.3 is 5.97 Å². The van der Waals surface area contributed by atoms with E-state index in [0.29, 0.717) is 6.61 Å². The Morgan fingerprint density at radius 1 is 0.697 bits per heavy atom. The van der Waals surface area contributed by atoms with Gasteiger partial charge in [-0.15, -0.1) is 0 Å². The highest BCUT2D eigenvalue weighted by molar-refractivity contribution is 6.71. The minimum atomic E-state index is -2.14. The van der Waals surface area contributed by atoms with Crippen molar-refractivity contribution in [2.45, 2.75) is 129 Å². The Bertz CT molecular complexity index is 620. The molecular weight excluding hydrogens is 489 g/mol. The average Bonchev–Trinajstić information content (AvgIpc) is 2.54. The van der Waals surface area contributed by atoms with Gasteiger partial charge in [-0.1, -0.05) is 13.3 Å². The Morgan fingerprint density at radius 2 is 1.15 bits per heavy atom. The summed E-state index contributed by atoms with van der Waals surface area (Å²) in [6.45, 7) is 27.8. The molecule has 0 radical (unpaired) electrons. The molecule has 1 aliphatic rings. The zero-order valence-corrected chi connectivity index (χ0v) is 27.4. The van der Waals surface area contributed by atoms with E-state index in [2.05, 4.69) is 65.8 Å². The van der Waals surface area contributed by atoms with Crippen LogP contribution in [0.25, 0.3) is 0 Å². The lowest BCUT2D eigenvalue weighted by Gasteiger charge is -2.50. The summed E-state index contributed by atoms with van der Waals surface area (Å²) < 4.78 is 38.4. The van der Waals surface area contributed by atoms with Crippen molar-refractivity contribution in [2.75, 3.05) is 6.61 Å². The van der Waals surface area contributed by atoms with Crippen molar-refractivity contribution < 1.29 is 32.0 Å². The first-order valence-electron chi connectivity index (χ1n) is 12.3. The second-order valence-corrected chi connectivity index (χ2v) is 30.6. The van der Waals surface area contributed by atoms with E-state index in [1.165, 1.54) is 0 Å². The highest BCUT2D eigenvalue weighted by Crippen LogP contribution is 2.35. The molecule has 0 aromatic carbocycles. The van der Waals surface area contributed by atoms with Gasteiger partial charge in [0.1, 0.15) is 18.3 Å².